The highest BCUT2D eigenvalue weighted by atomic mass is 16.5. The van der Waals surface area contributed by atoms with Gasteiger partial charge in [0.2, 0.25) is 5.91 Å². The zero-order valence-electron chi connectivity index (χ0n) is 15.7. The number of hydrogen-bond donors (Lipinski definition) is 2. The minimum absolute atomic E-state index is 0.0196. The summed E-state index contributed by atoms with van der Waals surface area (Å²) in [6, 6.07) is 10.6. The van der Waals surface area contributed by atoms with Gasteiger partial charge in [0.15, 0.2) is 5.96 Å². The highest BCUT2D eigenvalue weighted by molar-refractivity contribution is 5.85. The van der Waals surface area contributed by atoms with E-state index in [2.05, 4.69) is 41.6 Å². The SMILES string of the molecule is CC1CC(NC(=NCC(=O)N(C)C)NC(C)c2ccccc2)CCO1. The van der Waals surface area contributed by atoms with Gasteiger partial charge in [0.1, 0.15) is 6.54 Å². The van der Waals surface area contributed by atoms with Crippen LogP contribution in [0.2, 0.25) is 0 Å². The molecule has 0 spiro atoms. The Labute approximate surface area is 150 Å². The van der Waals surface area contributed by atoms with Gasteiger partial charge in [0.25, 0.3) is 0 Å². The summed E-state index contributed by atoms with van der Waals surface area (Å²) >= 11 is 0. The van der Waals surface area contributed by atoms with Crippen molar-refractivity contribution in [2.24, 2.45) is 4.99 Å². The molecule has 1 aromatic rings. The molecule has 1 amide bonds. The predicted molar refractivity (Wildman–Crippen MR) is 101 cm³/mol. The molecule has 6 nitrogen and oxygen atoms in total. The van der Waals surface area contributed by atoms with Gasteiger partial charge in [-0.05, 0) is 32.3 Å². The normalized spacial score (nSPS) is 22.2. The lowest BCUT2D eigenvalue weighted by Gasteiger charge is -2.30. The Morgan fingerprint density at radius 1 is 1.36 bits per heavy atom. The van der Waals surface area contributed by atoms with E-state index in [-0.39, 0.29) is 24.6 Å². The second-order valence-corrected chi connectivity index (χ2v) is 6.78. The van der Waals surface area contributed by atoms with Crippen LogP contribution in [0.4, 0.5) is 0 Å². The average Bonchev–Trinajstić information content (AvgIpc) is 2.60. The molecule has 2 N–H and O–H groups in total. The van der Waals surface area contributed by atoms with Crippen molar-refractivity contribution in [2.75, 3.05) is 27.2 Å². The van der Waals surface area contributed by atoms with Crippen molar-refractivity contribution in [1.82, 2.24) is 15.5 Å². The van der Waals surface area contributed by atoms with E-state index in [1.165, 1.54) is 5.56 Å². The molecule has 1 saturated heterocycles. The predicted octanol–water partition coefficient (Wildman–Crippen LogP) is 1.94. The maximum atomic E-state index is 11.9. The minimum atomic E-state index is -0.0196. The number of ether oxygens (including phenoxy) is 1. The third-order valence-corrected chi connectivity index (χ3v) is 4.35. The number of rotatable bonds is 5. The Balaban J connectivity index is 2.05. The Morgan fingerprint density at radius 3 is 2.72 bits per heavy atom. The van der Waals surface area contributed by atoms with Crippen molar-refractivity contribution in [3.8, 4) is 0 Å². The van der Waals surface area contributed by atoms with Gasteiger partial charge < -0.3 is 20.3 Å². The van der Waals surface area contributed by atoms with Crippen molar-refractivity contribution in [3.63, 3.8) is 0 Å². The molecule has 3 atom stereocenters. The largest absolute Gasteiger partial charge is 0.378 e. The third kappa shape index (κ3) is 6.38. The summed E-state index contributed by atoms with van der Waals surface area (Å²) in [5.41, 5.74) is 1.18. The van der Waals surface area contributed by atoms with Crippen LogP contribution in [0.1, 0.15) is 38.3 Å². The first-order valence-electron chi connectivity index (χ1n) is 8.90. The van der Waals surface area contributed by atoms with Gasteiger partial charge in [0.05, 0.1) is 12.1 Å². The number of benzene rings is 1. The molecule has 0 aromatic heterocycles. The first kappa shape index (κ1) is 19.2. The van der Waals surface area contributed by atoms with E-state index in [0.717, 1.165) is 19.4 Å². The van der Waals surface area contributed by atoms with Gasteiger partial charge in [0, 0.05) is 26.7 Å². The molecule has 25 heavy (non-hydrogen) atoms. The standard InChI is InChI=1S/C19H30N4O2/c1-14-12-17(10-11-25-14)22-19(20-13-18(24)23(3)4)21-15(2)16-8-6-5-7-9-16/h5-9,14-15,17H,10-13H2,1-4H3,(H2,20,21,22). The quantitative estimate of drug-likeness (QED) is 0.632. The van der Waals surface area contributed by atoms with Crippen LogP contribution >= 0.6 is 0 Å². The smallest absolute Gasteiger partial charge is 0.243 e. The van der Waals surface area contributed by atoms with E-state index < -0.39 is 0 Å². The first-order valence-corrected chi connectivity index (χ1v) is 8.90. The Morgan fingerprint density at radius 2 is 2.08 bits per heavy atom. The highest BCUT2D eigenvalue weighted by Crippen LogP contribution is 2.14. The summed E-state index contributed by atoms with van der Waals surface area (Å²) in [4.78, 5) is 17.9. The topological polar surface area (TPSA) is 66.0 Å². The van der Waals surface area contributed by atoms with Crippen molar-refractivity contribution in [2.45, 2.75) is 44.9 Å². The van der Waals surface area contributed by atoms with Gasteiger partial charge >= 0.3 is 0 Å². The van der Waals surface area contributed by atoms with Crippen LogP contribution in [0.15, 0.2) is 35.3 Å². The number of hydrogen-bond acceptors (Lipinski definition) is 3. The lowest BCUT2D eigenvalue weighted by atomic mass is 10.0. The third-order valence-electron chi connectivity index (χ3n) is 4.35. The van der Waals surface area contributed by atoms with Crippen molar-refractivity contribution in [3.05, 3.63) is 35.9 Å². The summed E-state index contributed by atoms with van der Waals surface area (Å²) in [7, 11) is 3.48. The van der Waals surface area contributed by atoms with Crippen LogP contribution in [0.3, 0.4) is 0 Å². The van der Waals surface area contributed by atoms with Crippen molar-refractivity contribution >= 4 is 11.9 Å². The van der Waals surface area contributed by atoms with Gasteiger partial charge in [-0.25, -0.2) is 4.99 Å². The van der Waals surface area contributed by atoms with Gasteiger partial charge in [-0.3, -0.25) is 4.79 Å². The molecule has 1 heterocycles. The lowest BCUT2D eigenvalue weighted by Crippen LogP contribution is -2.48. The second kappa shape index (κ2) is 9.42. The summed E-state index contributed by atoms with van der Waals surface area (Å²) < 4.78 is 5.61. The van der Waals surface area contributed by atoms with E-state index >= 15 is 0 Å². The van der Waals surface area contributed by atoms with Crippen LogP contribution < -0.4 is 10.6 Å². The number of carbonyl (C=O) groups excluding carboxylic acids is 1. The molecule has 1 aliphatic heterocycles. The summed E-state index contributed by atoms with van der Waals surface area (Å²) in [5, 5.41) is 6.89. The Bertz CT molecular complexity index is 574. The number of aliphatic imine (C=N–C) groups is 1. The number of amides is 1. The monoisotopic (exact) mass is 346 g/mol. The summed E-state index contributed by atoms with van der Waals surface area (Å²) in [6.45, 7) is 5.05. The van der Waals surface area contributed by atoms with E-state index in [4.69, 9.17) is 4.74 Å². The Hall–Kier alpha value is -2.08. The molecule has 0 saturated carbocycles. The fourth-order valence-corrected chi connectivity index (χ4v) is 2.77. The van der Waals surface area contributed by atoms with E-state index in [9.17, 15) is 4.79 Å². The molecular formula is C19H30N4O2. The molecular weight excluding hydrogens is 316 g/mol. The van der Waals surface area contributed by atoms with Crippen molar-refractivity contribution < 1.29 is 9.53 Å². The molecule has 1 aromatic carbocycles. The van der Waals surface area contributed by atoms with Gasteiger partial charge in [-0.1, -0.05) is 30.3 Å². The number of carbonyl (C=O) groups is 1. The zero-order chi connectivity index (χ0) is 18.2. The zero-order valence-corrected chi connectivity index (χ0v) is 15.7. The number of nitrogens with zero attached hydrogens (tertiary/aromatic N) is 2. The van der Waals surface area contributed by atoms with Crippen molar-refractivity contribution in [1.29, 1.82) is 0 Å². The average molecular weight is 346 g/mol. The molecule has 0 radical (unpaired) electrons. The fraction of sp³-hybridized carbons (Fsp3) is 0.579. The molecule has 0 aliphatic carbocycles. The number of likely N-dealkylation sites (N-methyl/N-ethyl adjacent to an activating group) is 1. The number of nitrogens with one attached hydrogen (secondary N) is 2. The van der Waals surface area contributed by atoms with E-state index in [1.807, 2.05) is 18.2 Å². The molecule has 0 bridgehead atoms. The van der Waals surface area contributed by atoms with Crippen LogP contribution in [0.25, 0.3) is 0 Å². The molecule has 1 fully saturated rings. The second-order valence-electron chi connectivity index (χ2n) is 6.78. The molecule has 3 unspecified atom stereocenters. The Kier molecular flexibility index (Phi) is 7.25. The first-order chi connectivity index (χ1) is 12.0. The fourth-order valence-electron chi connectivity index (χ4n) is 2.77. The summed E-state index contributed by atoms with van der Waals surface area (Å²) in [6.07, 6.45) is 2.11. The molecule has 138 valence electrons. The van der Waals surface area contributed by atoms with Crippen LogP contribution in [-0.4, -0.2) is 56.2 Å². The van der Waals surface area contributed by atoms with Crippen LogP contribution in [-0.2, 0) is 9.53 Å². The highest BCUT2D eigenvalue weighted by Gasteiger charge is 2.21. The van der Waals surface area contributed by atoms with Crippen LogP contribution in [0.5, 0.6) is 0 Å². The summed E-state index contributed by atoms with van der Waals surface area (Å²) in [5.74, 6) is 0.652. The van der Waals surface area contributed by atoms with Gasteiger partial charge in [-0.2, -0.15) is 0 Å². The maximum Gasteiger partial charge on any atom is 0.243 e. The molecule has 1 aliphatic rings. The molecule has 2 rings (SSSR count). The number of guanidine groups is 1. The van der Waals surface area contributed by atoms with Crippen LogP contribution in [0, 0.1) is 0 Å². The maximum absolute atomic E-state index is 11.9. The van der Waals surface area contributed by atoms with Gasteiger partial charge in [-0.15, -0.1) is 0 Å². The van der Waals surface area contributed by atoms with E-state index in [0.29, 0.717) is 12.0 Å². The molecule has 6 heteroatoms. The minimum Gasteiger partial charge on any atom is -0.378 e. The lowest BCUT2D eigenvalue weighted by molar-refractivity contribution is -0.127. The van der Waals surface area contributed by atoms with E-state index in [1.54, 1.807) is 19.0 Å².